The van der Waals surface area contributed by atoms with E-state index in [0.717, 1.165) is 11.3 Å². The molecule has 0 aliphatic carbocycles. The Morgan fingerprint density at radius 2 is 1.67 bits per heavy atom. The molecular formula is C17H19Cl2NO. The van der Waals surface area contributed by atoms with Crippen molar-refractivity contribution in [1.82, 2.24) is 5.32 Å². The second-order valence-corrected chi connectivity index (χ2v) is 5.76. The number of ether oxygens (including phenoxy) is 1. The van der Waals surface area contributed by atoms with Gasteiger partial charge in [0.05, 0.1) is 6.61 Å². The quantitative estimate of drug-likeness (QED) is 0.784. The molecule has 0 bridgehead atoms. The van der Waals surface area contributed by atoms with E-state index in [9.17, 15) is 0 Å². The molecule has 21 heavy (non-hydrogen) atoms. The summed E-state index contributed by atoms with van der Waals surface area (Å²) in [5.41, 5.74) is 2.29. The highest BCUT2D eigenvalue weighted by Gasteiger charge is 2.06. The van der Waals surface area contributed by atoms with Crippen molar-refractivity contribution in [2.24, 2.45) is 0 Å². The molecule has 2 aromatic carbocycles. The maximum atomic E-state index is 6.00. The average Bonchev–Trinajstić information content (AvgIpc) is 2.45. The van der Waals surface area contributed by atoms with Crippen molar-refractivity contribution in [3.63, 3.8) is 0 Å². The highest BCUT2D eigenvalue weighted by Crippen LogP contribution is 2.21. The van der Waals surface area contributed by atoms with Gasteiger partial charge in [0.2, 0.25) is 0 Å². The fourth-order valence-electron chi connectivity index (χ4n) is 2.12. The lowest BCUT2D eigenvalue weighted by atomic mass is 10.1. The zero-order valence-corrected chi connectivity index (χ0v) is 13.7. The highest BCUT2D eigenvalue weighted by atomic mass is 35.5. The van der Waals surface area contributed by atoms with Crippen molar-refractivity contribution in [2.75, 3.05) is 6.61 Å². The van der Waals surface area contributed by atoms with Gasteiger partial charge in [-0.05, 0) is 55.3 Å². The fraction of sp³-hybridized carbons (Fsp3) is 0.294. The van der Waals surface area contributed by atoms with Gasteiger partial charge in [0.1, 0.15) is 5.75 Å². The SMILES string of the molecule is CCOc1ccc(C(C)NCc2cc(Cl)cc(Cl)c2)cc1. The molecule has 1 N–H and O–H groups in total. The van der Waals surface area contributed by atoms with Gasteiger partial charge >= 0.3 is 0 Å². The van der Waals surface area contributed by atoms with Crippen molar-refractivity contribution in [1.29, 1.82) is 0 Å². The van der Waals surface area contributed by atoms with E-state index in [-0.39, 0.29) is 6.04 Å². The van der Waals surface area contributed by atoms with Crippen molar-refractivity contribution < 1.29 is 4.74 Å². The predicted octanol–water partition coefficient (Wildman–Crippen LogP) is 5.24. The third-order valence-electron chi connectivity index (χ3n) is 3.23. The normalized spacial score (nSPS) is 12.2. The summed E-state index contributed by atoms with van der Waals surface area (Å²) in [4.78, 5) is 0. The predicted molar refractivity (Wildman–Crippen MR) is 89.3 cm³/mol. The molecule has 0 amide bonds. The molecule has 0 aliphatic heterocycles. The van der Waals surface area contributed by atoms with Crippen molar-refractivity contribution in [2.45, 2.75) is 26.4 Å². The molecule has 0 aliphatic rings. The summed E-state index contributed by atoms with van der Waals surface area (Å²) in [7, 11) is 0. The lowest BCUT2D eigenvalue weighted by Crippen LogP contribution is -2.18. The van der Waals surface area contributed by atoms with Gasteiger partial charge in [-0.2, -0.15) is 0 Å². The summed E-state index contributed by atoms with van der Waals surface area (Å²) < 4.78 is 5.45. The number of rotatable bonds is 6. The molecule has 1 atom stereocenters. The third-order valence-corrected chi connectivity index (χ3v) is 3.66. The van der Waals surface area contributed by atoms with Gasteiger partial charge in [0, 0.05) is 22.6 Å². The second-order valence-electron chi connectivity index (χ2n) is 4.88. The van der Waals surface area contributed by atoms with Crippen LogP contribution in [0.15, 0.2) is 42.5 Å². The first-order chi connectivity index (χ1) is 10.1. The van der Waals surface area contributed by atoms with Crippen LogP contribution in [0.5, 0.6) is 5.75 Å². The molecular weight excluding hydrogens is 305 g/mol. The average molecular weight is 324 g/mol. The van der Waals surface area contributed by atoms with Crippen LogP contribution in [0.25, 0.3) is 0 Å². The molecule has 2 rings (SSSR count). The lowest BCUT2D eigenvalue weighted by Gasteiger charge is -2.15. The van der Waals surface area contributed by atoms with E-state index in [1.807, 2.05) is 31.2 Å². The van der Waals surface area contributed by atoms with Crippen LogP contribution in [-0.2, 0) is 6.54 Å². The van der Waals surface area contributed by atoms with Crippen molar-refractivity contribution in [3.8, 4) is 5.75 Å². The summed E-state index contributed by atoms with van der Waals surface area (Å²) in [6.07, 6.45) is 0. The maximum absolute atomic E-state index is 6.00. The van der Waals surface area contributed by atoms with Crippen LogP contribution in [0.4, 0.5) is 0 Å². The first-order valence-corrected chi connectivity index (χ1v) is 7.75. The van der Waals surface area contributed by atoms with E-state index < -0.39 is 0 Å². The Morgan fingerprint density at radius 1 is 1.05 bits per heavy atom. The van der Waals surface area contributed by atoms with Gasteiger partial charge in [-0.1, -0.05) is 35.3 Å². The zero-order valence-electron chi connectivity index (χ0n) is 12.2. The first kappa shape index (κ1) is 16.2. The Bertz CT molecular complexity index is 564. The smallest absolute Gasteiger partial charge is 0.119 e. The van der Waals surface area contributed by atoms with E-state index in [1.165, 1.54) is 5.56 Å². The van der Waals surface area contributed by atoms with E-state index in [4.69, 9.17) is 27.9 Å². The van der Waals surface area contributed by atoms with Crippen LogP contribution in [0.3, 0.4) is 0 Å². The summed E-state index contributed by atoms with van der Waals surface area (Å²) in [5.74, 6) is 0.898. The Morgan fingerprint density at radius 3 is 2.24 bits per heavy atom. The van der Waals surface area contributed by atoms with Crippen LogP contribution in [0.1, 0.15) is 31.0 Å². The minimum absolute atomic E-state index is 0.235. The third kappa shape index (κ3) is 4.92. The van der Waals surface area contributed by atoms with Crippen molar-refractivity contribution >= 4 is 23.2 Å². The second kappa shape index (κ2) is 7.69. The van der Waals surface area contributed by atoms with Gasteiger partial charge in [0.15, 0.2) is 0 Å². The molecule has 0 saturated carbocycles. The molecule has 1 unspecified atom stereocenters. The summed E-state index contributed by atoms with van der Waals surface area (Å²) >= 11 is 12.0. The molecule has 2 nitrogen and oxygen atoms in total. The van der Waals surface area contributed by atoms with Crippen LogP contribution in [0.2, 0.25) is 10.0 Å². The van der Waals surface area contributed by atoms with Crippen LogP contribution in [-0.4, -0.2) is 6.61 Å². The standard InChI is InChI=1S/C17H19Cl2NO/c1-3-21-17-6-4-14(5-7-17)12(2)20-11-13-8-15(18)10-16(19)9-13/h4-10,12,20H,3,11H2,1-2H3. The lowest BCUT2D eigenvalue weighted by molar-refractivity contribution is 0.340. The van der Waals surface area contributed by atoms with Gasteiger partial charge < -0.3 is 10.1 Å². The number of hydrogen-bond donors (Lipinski definition) is 1. The Labute approximate surface area is 136 Å². The molecule has 0 heterocycles. The fourth-order valence-corrected chi connectivity index (χ4v) is 2.69. The van der Waals surface area contributed by atoms with Gasteiger partial charge in [-0.15, -0.1) is 0 Å². The van der Waals surface area contributed by atoms with Gasteiger partial charge in [-0.3, -0.25) is 0 Å². The van der Waals surface area contributed by atoms with Gasteiger partial charge in [0.25, 0.3) is 0 Å². The molecule has 2 aromatic rings. The molecule has 112 valence electrons. The number of hydrogen-bond acceptors (Lipinski definition) is 2. The van der Waals surface area contributed by atoms with Crippen LogP contribution < -0.4 is 10.1 Å². The van der Waals surface area contributed by atoms with E-state index in [1.54, 1.807) is 6.07 Å². The van der Waals surface area contributed by atoms with Crippen molar-refractivity contribution in [3.05, 3.63) is 63.6 Å². The monoisotopic (exact) mass is 323 g/mol. The van der Waals surface area contributed by atoms with E-state index in [0.29, 0.717) is 23.2 Å². The molecule has 4 heteroatoms. The largest absolute Gasteiger partial charge is 0.494 e. The molecule has 0 fully saturated rings. The highest BCUT2D eigenvalue weighted by molar-refractivity contribution is 6.34. The van der Waals surface area contributed by atoms with Crippen LogP contribution >= 0.6 is 23.2 Å². The minimum atomic E-state index is 0.235. The summed E-state index contributed by atoms with van der Waals surface area (Å²) in [5, 5.41) is 4.78. The molecule has 0 saturated heterocycles. The molecule has 0 aromatic heterocycles. The van der Waals surface area contributed by atoms with E-state index >= 15 is 0 Å². The summed E-state index contributed by atoms with van der Waals surface area (Å²) in [6.45, 7) is 5.51. The Hall–Kier alpha value is -1.22. The molecule has 0 spiro atoms. The Balaban J connectivity index is 1.96. The molecule has 0 radical (unpaired) electrons. The number of halogens is 2. The number of nitrogens with one attached hydrogen (secondary N) is 1. The first-order valence-electron chi connectivity index (χ1n) is 6.99. The van der Waals surface area contributed by atoms with Crippen LogP contribution in [0, 0.1) is 0 Å². The van der Waals surface area contributed by atoms with E-state index in [2.05, 4.69) is 24.4 Å². The van der Waals surface area contributed by atoms with Gasteiger partial charge in [-0.25, -0.2) is 0 Å². The Kier molecular flexibility index (Phi) is 5.92. The number of benzene rings is 2. The zero-order chi connectivity index (χ0) is 15.2. The minimum Gasteiger partial charge on any atom is -0.494 e. The topological polar surface area (TPSA) is 21.3 Å². The maximum Gasteiger partial charge on any atom is 0.119 e. The summed E-state index contributed by atoms with van der Waals surface area (Å²) in [6, 6.07) is 14.0.